The predicted molar refractivity (Wildman–Crippen MR) is 73.9 cm³/mol. The Kier molecular flexibility index (Phi) is 3.56. The highest BCUT2D eigenvalue weighted by molar-refractivity contribution is 5.74. The van der Waals surface area contributed by atoms with Crippen LogP contribution in [0.3, 0.4) is 0 Å². The van der Waals surface area contributed by atoms with Crippen LogP contribution in [0, 0.1) is 5.92 Å². The number of hydrogen-bond donors (Lipinski definition) is 0. The molecule has 0 saturated carbocycles. The number of hydrogen-bond acceptors (Lipinski definition) is 4. The summed E-state index contributed by atoms with van der Waals surface area (Å²) in [5, 5.41) is 0. The van der Waals surface area contributed by atoms with Crippen molar-refractivity contribution in [2.45, 2.75) is 50.6 Å². The minimum Gasteiger partial charge on any atom is -0.466 e. The summed E-state index contributed by atoms with van der Waals surface area (Å²) in [4.78, 5) is 17.3. The molecule has 4 nitrogen and oxygen atoms in total. The maximum atomic E-state index is 12.2. The van der Waals surface area contributed by atoms with E-state index < -0.39 is 0 Å². The Morgan fingerprint density at radius 2 is 2.05 bits per heavy atom. The quantitative estimate of drug-likeness (QED) is 0.709. The Labute approximate surface area is 116 Å². The molecule has 3 fully saturated rings. The fraction of sp³-hybridized carbons (Fsp3) is 0.933. The van der Waals surface area contributed by atoms with Crippen LogP contribution in [0.2, 0.25) is 0 Å². The van der Waals surface area contributed by atoms with Gasteiger partial charge in [0.2, 0.25) is 0 Å². The molecular weight excluding hydrogens is 240 g/mol. The van der Waals surface area contributed by atoms with Crippen LogP contribution < -0.4 is 0 Å². The average molecular weight is 266 g/mol. The zero-order chi connectivity index (χ0) is 13.5. The molecular formula is C15H26N2O2. The first-order valence-electron chi connectivity index (χ1n) is 7.78. The first kappa shape index (κ1) is 13.4. The van der Waals surface area contributed by atoms with Gasteiger partial charge in [-0.2, -0.15) is 0 Å². The van der Waals surface area contributed by atoms with Crippen LogP contribution in [0.5, 0.6) is 0 Å². The molecule has 0 aromatic heterocycles. The molecule has 3 aliphatic rings. The van der Waals surface area contributed by atoms with Crippen LogP contribution in [0.1, 0.15) is 39.0 Å². The molecule has 3 rings (SSSR count). The number of rotatable bonds is 2. The highest BCUT2D eigenvalue weighted by Gasteiger charge is 2.55. The lowest BCUT2D eigenvalue weighted by Crippen LogP contribution is -2.51. The standard InChI is InChI=1S/C15H26N2O2/c1-3-19-14(18)12-11-15(6-9-16(2)10-7-15)17-8-4-5-13(12)17/h12-13H,3-11H2,1-2H3/t12-,13+/m0/s1. The van der Waals surface area contributed by atoms with Crippen molar-refractivity contribution in [1.29, 1.82) is 0 Å². The largest absolute Gasteiger partial charge is 0.466 e. The number of esters is 1. The monoisotopic (exact) mass is 266 g/mol. The van der Waals surface area contributed by atoms with Crippen LogP contribution in [0.4, 0.5) is 0 Å². The minimum atomic E-state index is 0.0511. The highest BCUT2D eigenvalue weighted by Crippen LogP contribution is 2.48. The van der Waals surface area contributed by atoms with Gasteiger partial charge in [0.15, 0.2) is 0 Å². The molecule has 0 aromatic carbocycles. The van der Waals surface area contributed by atoms with E-state index in [-0.39, 0.29) is 11.9 Å². The third kappa shape index (κ3) is 2.19. The molecule has 3 heterocycles. The van der Waals surface area contributed by atoms with E-state index >= 15 is 0 Å². The smallest absolute Gasteiger partial charge is 0.310 e. The minimum absolute atomic E-state index is 0.0511. The molecule has 0 aromatic rings. The first-order valence-corrected chi connectivity index (χ1v) is 7.78. The number of fused-ring (bicyclic) bond motifs is 2. The molecule has 0 aliphatic carbocycles. The van der Waals surface area contributed by atoms with E-state index in [1.807, 2.05) is 6.92 Å². The lowest BCUT2D eigenvalue weighted by Gasteiger charge is -2.44. The fourth-order valence-corrected chi connectivity index (χ4v) is 4.48. The number of carbonyl (C=O) groups excluding carboxylic acids is 1. The number of nitrogens with zero attached hydrogens (tertiary/aromatic N) is 2. The Bertz CT molecular complexity index is 350. The number of piperidine rings is 1. The molecule has 3 saturated heterocycles. The second-order valence-corrected chi connectivity index (χ2v) is 6.49. The van der Waals surface area contributed by atoms with E-state index in [0.717, 1.165) is 6.42 Å². The summed E-state index contributed by atoms with van der Waals surface area (Å²) in [5.41, 5.74) is 0.297. The van der Waals surface area contributed by atoms with Crippen molar-refractivity contribution in [3.8, 4) is 0 Å². The lowest BCUT2D eigenvalue weighted by atomic mass is 9.82. The molecule has 0 unspecified atom stereocenters. The molecule has 0 N–H and O–H groups in total. The van der Waals surface area contributed by atoms with Crippen molar-refractivity contribution < 1.29 is 9.53 Å². The van der Waals surface area contributed by atoms with Gasteiger partial charge in [-0.1, -0.05) is 0 Å². The van der Waals surface area contributed by atoms with E-state index in [1.165, 1.54) is 45.3 Å². The maximum absolute atomic E-state index is 12.2. The molecule has 3 aliphatic heterocycles. The molecule has 0 radical (unpaired) electrons. The summed E-state index contributed by atoms with van der Waals surface area (Å²) in [6.45, 7) is 5.93. The SMILES string of the molecule is CCOC(=O)[C@H]1CC2(CCN(C)CC2)N2CCC[C@H]12. The van der Waals surface area contributed by atoms with E-state index in [9.17, 15) is 4.79 Å². The van der Waals surface area contributed by atoms with Crippen molar-refractivity contribution in [2.24, 2.45) is 5.92 Å². The van der Waals surface area contributed by atoms with Gasteiger partial charge >= 0.3 is 5.97 Å². The molecule has 108 valence electrons. The first-order chi connectivity index (χ1) is 9.16. The van der Waals surface area contributed by atoms with Gasteiger partial charge in [-0.05, 0) is 65.7 Å². The van der Waals surface area contributed by atoms with Gasteiger partial charge in [-0.25, -0.2) is 0 Å². The van der Waals surface area contributed by atoms with E-state index in [2.05, 4.69) is 16.8 Å². The van der Waals surface area contributed by atoms with Crippen molar-refractivity contribution in [1.82, 2.24) is 9.80 Å². The van der Waals surface area contributed by atoms with E-state index in [0.29, 0.717) is 18.2 Å². The van der Waals surface area contributed by atoms with Crippen molar-refractivity contribution >= 4 is 5.97 Å². The zero-order valence-corrected chi connectivity index (χ0v) is 12.2. The van der Waals surface area contributed by atoms with Gasteiger partial charge in [-0.3, -0.25) is 9.69 Å². The van der Waals surface area contributed by atoms with Gasteiger partial charge in [0.1, 0.15) is 0 Å². The molecule has 19 heavy (non-hydrogen) atoms. The number of likely N-dealkylation sites (tertiary alicyclic amines) is 1. The van der Waals surface area contributed by atoms with Gasteiger partial charge in [-0.15, -0.1) is 0 Å². The molecule has 0 bridgehead atoms. The molecule has 0 amide bonds. The Hall–Kier alpha value is -0.610. The van der Waals surface area contributed by atoms with Crippen LogP contribution in [-0.4, -0.2) is 60.6 Å². The van der Waals surface area contributed by atoms with Crippen molar-refractivity contribution in [3.05, 3.63) is 0 Å². The third-order valence-corrected chi connectivity index (χ3v) is 5.48. The van der Waals surface area contributed by atoms with Gasteiger partial charge < -0.3 is 9.64 Å². The Morgan fingerprint density at radius 1 is 1.32 bits per heavy atom. The summed E-state index contributed by atoms with van der Waals surface area (Å²) in [6.07, 6.45) is 5.90. The summed E-state index contributed by atoms with van der Waals surface area (Å²) >= 11 is 0. The van der Waals surface area contributed by atoms with E-state index in [4.69, 9.17) is 4.74 Å². The second-order valence-electron chi connectivity index (χ2n) is 6.49. The van der Waals surface area contributed by atoms with Gasteiger partial charge in [0.05, 0.1) is 12.5 Å². The van der Waals surface area contributed by atoms with Crippen molar-refractivity contribution in [3.63, 3.8) is 0 Å². The summed E-state index contributed by atoms with van der Waals surface area (Å²) in [7, 11) is 2.20. The normalized spacial score (nSPS) is 34.6. The fourth-order valence-electron chi connectivity index (χ4n) is 4.48. The lowest BCUT2D eigenvalue weighted by molar-refractivity contribution is -0.148. The summed E-state index contributed by atoms with van der Waals surface area (Å²) < 4.78 is 5.31. The molecule has 4 heteroatoms. The number of carbonyl (C=O) groups is 1. The van der Waals surface area contributed by atoms with Crippen LogP contribution in [-0.2, 0) is 9.53 Å². The number of ether oxygens (including phenoxy) is 1. The third-order valence-electron chi connectivity index (χ3n) is 5.48. The predicted octanol–water partition coefficient (Wildman–Crippen LogP) is 1.50. The van der Waals surface area contributed by atoms with Crippen LogP contribution in [0.25, 0.3) is 0 Å². The zero-order valence-electron chi connectivity index (χ0n) is 12.2. The van der Waals surface area contributed by atoms with Crippen LogP contribution in [0.15, 0.2) is 0 Å². The maximum Gasteiger partial charge on any atom is 0.310 e. The van der Waals surface area contributed by atoms with Gasteiger partial charge in [0.25, 0.3) is 0 Å². The average Bonchev–Trinajstić information content (AvgIpc) is 2.97. The van der Waals surface area contributed by atoms with Crippen molar-refractivity contribution in [2.75, 3.05) is 33.3 Å². The topological polar surface area (TPSA) is 32.8 Å². The Balaban J connectivity index is 1.78. The molecule has 1 spiro atoms. The summed E-state index contributed by atoms with van der Waals surface area (Å²) in [6, 6.07) is 0.461. The second kappa shape index (κ2) is 5.06. The Morgan fingerprint density at radius 3 is 2.74 bits per heavy atom. The van der Waals surface area contributed by atoms with Crippen LogP contribution >= 0.6 is 0 Å². The summed E-state index contributed by atoms with van der Waals surface area (Å²) in [5.74, 6) is 0.182. The highest BCUT2D eigenvalue weighted by atomic mass is 16.5. The van der Waals surface area contributed by atoms with E-state index in [1.54, 1.807) is 0 Å². The molecule has 2 atom stereocenters. The van der Waals surface area contributed by atoms with Gasteiger partial charge in [0, 0.05) is 11.6 Å².